The zero-order chi connectivity index (χ0) is 20.4. The van der Waals surface area contributed by atoms with Gasteiger partial charge in [0.15, 0.2) is 0 Å². The van der Waals surface area contributed by atoms with Crippen LogP contribution in [0.25, 0.3) is 11.3 Å². The van der Waals surface area contributed by atoms with E-state index in [1.165, 1.54) is 5.56 Å². The first kappa shape index (κ1) is 18.6. The first-order chi connectivity index (χ1) is 14.2. The number of nitriles is 1. The van der Waals surface area contributed by atoms with Gasteiger partial charge in [-0.25, -0.2) is 0 Å². The van der Waals surface area contributed by atoms with E-state index in [0.717, 1.165) is 34.6 Å². The molecule has 3 aromatic rings. The van der Waals surface area contributed by atoms with Crippen LogP contribution in [0.5, 0.6) is 11.6 Å². The van der Waals surface area contributed by atoms with Gasteiger partial charge in [0.1, 0.15) is 17.4 Å². The molecule has 1 aromatic heterocycles. The Bertz CT molecular complexity index is 1090. The minimum atomic E-state index is -0.352. The van der Waals surface area contributed by atoms with Gasteiger partial charge in [0.2, 0.25) is 11.8 Å². The second kappa shape index (κ2) is 7.72. The predicted octanol–water partition coefficient (Wildman–Crippen LogP) is 4.26. The molecule has 0 fully saturated rings. The van der Waals surface area contributed by atoms with Gasteiger partial charge in [-0.2, -0.15) is 5.26 Å². The smallest absolute Gasteiger partial charge is 0.244 e. The number of allylic oxidation sites excluding steroid dienone is 1. The Morgan fingerprint density at radius 1 is 1.14 bits per heavy atom. The van der Waals surface area contributed by atoms with E-state index in [2.05, 4.69) is 35.3 Å². The minimum Gasteiger partial charge on any atom is -0.494 e. The minimum absolute atomic E-state index is 0.0920. The molecule has 29 heavy (non-hydrogen) atoms. The highest BCUT2D eigenvalue weighted by atomic mass is 16.5. The maximum Gasteiger partial charge on any atom is 0.244 e. The van der Waals surface area contributed by atoms with E-state index in [4.69, 9.17) is 15.2 Å². The number of aromatic nitrogens is 2. The number of benzene rings is 2. The molecule has 1 aliphatic rings. The largest absolute Gasteiger partial charge is 0.494 e. The first-order valence-electron chi connectivity index (χ1n) is 9.64. The average molecular weight is 386 g/mol. The molecule has 4 rings (SSSR count). The van der Waals surface area contributed by atoms with E-state index in [1.807, 2.05) is 43.3 Å². The van der Waals surface area contributed by atoms with Crippen molar-refractivity contribution in [3.8, 4) is 29.0 Å². The monoisotopic (exact) mass is 386 g/mol. The summed E-state index contributed by atoms with van der Waals surface area (Å²) in [6, 6.07) is 18.2. The van der Waals surface area contributed by atoms with Crippen molar-refractivity contribution in [2.24, 2.45) is 5.73 Å². The van der Waals surface area contributed by atoms with E-state index < -0.39 is 0 Å². The summed E-state index contributed by atoms with van der Waals surface area (Å²) in [4.78, 5) is 0. The maximum absolute atomic E-state index is 9.80. The lowest BCUT2D eigenvalue weighted by Gasteiger charge is -2.24. The summed E-state index contributed by atoms with van der Waals surface area (Å²) >= 11 is 0. The van der Waals surface area contributed by atoms with E-state index in [0.29, 0.717) is 18.1 Å². The zero-order valence-electron chi connectivity index (χ0n) is 16.4. The Labute approximate surface area is 169 Å². The van der Waals surface area contributed by atoms with Gasteiger partial charge in [-0.1, -0.05) is 31.2 Å². The fourth-order valence-electron chi connectivity index (χ4n) is 3.63. The number of aromatic amines is 1. The molecule has 0 saturated carbocycles. The molecule has 0 radical (unpaired) electrons. The van der Waals surface area contributed by atoms with Crippen LogP contribution in [0, 0.1) is 11.3 Å². The van der Waals surface area contributed by atoms with Crippen molar-refractivity contribution >= 4 is 0 Å². The summed E-state index contributed by atoms with van der Waals surface area (Å²) in [7, 11) is 0. The van der Waals surface area contributed by atoms with Gasteiger partial charge < -0.3 is 15.2 Å². The van der Waals surface area contributed by atoms with Crippen molar-refractivity contribution in [3.05, 3.63) is 76.7 Å². The molecule has 3 N–H and O–H groups in total. The fourth-order valence-corrected chi connectivity index (χ4v) is 3.63. The number of nitrogens with two attached hydrogens (primary N) is 1. The Balaban J connectivity index is 1.84. The quantitative estimate of drug-likeness (QED) is 0.683. The van der Waals surface area contributed by atoms with Crippen LogP contribution >= 0.6 is 0 Å². The molecule has 6 heteroatoms. The summed E-state index contributed by atoms with van der Waals surface area (Å²) in [5, 5.41) is 17.2. The molecule has 0 bridgehead atoms. The highest BCUT2D eigenvalue weighted by Gasteiger charge is 2.35. The van der Waals surface area contributed by atoms with Crippen LogP contribution in [-0.2, 0) is 6.42 Å². The summed E-state index contributed by atoms with van der Waals surface area (Å²) in [5.41, 5.74) is 11.2. The topological polar surface area (TPSA) is 97.0 Å². The zero-order valence-corrected chi connectivity index (χ0v) is 16.4. The maximum atomic E-state index is 9.80. The lowest BCUT2D eigenvalue weighted by molar-refractivity contribution is 0.340. The summed E-state index contributed by atoms with van der Waals surface area (Å²) in [5.74, 6) is 0.939. The van der Waals surface area contributed by atoms with Crippen LogP contribution in [-0.4, -0.2) is 16.8 Å². The van der Waals surface area contributed by atoms with Crippen molar-refractivity contribution in [1.82, 2.24) is 10.2 Å². The van der Waals surface area contributed by atoms with Gasteiger partial charge in [-0.3, -0.25) is 5.10 Å². The third-order valence-electron chi connectivity index (χ3n) is 5.11. The summed E-state index contributed by atoms with van der Waals surface area (Å²) < 4.78 is 11.2. The van der Waals surface area contributed by atoms with Crippen LogP contribution in [0.3, 0.4) is 0 Å². The normalized spacial score (nSPS) is 15.4. The van der Waals surface area contributed by atoms with Crippen molar-refractivity contribution in [2.75, 3.05) is 6.61 Å². The number of fused-ring (bicyclic) bond motifs is 1. The Morgan fingerprint density at radius 2 is 1.86 bits per heavy atom. The summed E-state index contributed by atoms with van der Waals surface area (Å²) in [6.07, 6.45) is 0.950. The number of rotatable bonds is 5. The Hall–Kier alpha value is -3.72. The molecule has 0 amide bonds. The molecule has 1 unspecified atom stereocenters. The standard InChI is InChI=1S/C23H22N4O2/c1-3-14-5-7-15(8-6-14)19-18(13-24)22(25)29-23-20(19)21(26-27-23)16-9-11-17(12-10-16)28-4-2/h5-12,19H,3-4,25H2,1-2H3,(H,26,27). The van der Waals surface area contributed by atoms with Gasteiger partial charge >= 0.3 is 0 Å². The lowest BCUT2D eigenvalue weighted by Crippen LogP contribution is -2.21. The van der Waals surface area contributed by atoms with Gasteiger partial charge in [0.25, 0.3) is 0 Å². The lowest BCUT2D eigenvalue weighted by atomic mass is 9.82. The number of hydrogen-bond acceptors (Lipinski definition) is 5. The molecule has 2 aromatic carbocycles. The average Bonchev–Trinajstić information content (AvgIpc) is 3.17. The van der Waals surface area contributed by atoms with Crippen molar-refractivity contribution in [2.45, 2.75) is 26.2 Å². The molecule has 1 atom stereocenters. The van der Waals surface area contributed by atoms with Gasteiger partial charge in [-0.05, 0) is 48.7 Å². The fraction of sp³-hybridized carbons (Fsp3) is 0.217. The molecule has 146 valence electrons. The molecule has 0 spiro atoms. The number of hydrogen-bond donors (Lipinski definition) is 2. The van der Waals surface area contributed by atoms with Crippen molar-refractivity contribution in [1.29, 1.82) is 5.26 Å². The highest BCUT2D eigenvalue weighted by Crippen LogP contribution is 2.45. The van der Waals surface area contributed by atoms with Crippen LogP contribution in [0.2, 0.25) is 0 Å². The first-order valence-corrected chi connectivity index (χ1v) is 9.64. The van der Waals surface area contributed by atoms with Crippen LogP contribution in [0.1, 0.15) is 36.5 Å². The highest BCUT2D eigenvalue weighted by molar-refractivity contribution is 5.71. The number of ether oxygens (including phenoxy) is 2. The van der Waals surface area contributed by atoms with E-state index in [1.54, 1.807) is 0 Å². The molecule has 0 saturated heterocycles. The number of H-pyrrole nitrogens is 1. The van der Waals surface area contributed by atoms with E-state index in [-0.39, 0.29) is 11.8 Å². The van der Waals surface area contributed by atoms with Gasteiger partial charge in [-0.15, -0.1) is 5.10 Å². The van der Waals surface area contributed by atoms with Gasteiger partial charge in [0.05, 0.1) is 23.8 Å². The van der Waals surface area contributed by atoms with Crippen LogP contribution in [0.15, 0.2) is 60.0 Å². The van der Waals surface area contributed by atoms with Crippen LogP contribution < -0.4 is 15.2 Å². The molecule has 2 heterocycles. The number of aryl methyl sites for hydroxylation is 1. The second-order valence-electron chi connectivity index (χ2n) is 6.79. The Morgan fingerprint density at radius 3 is 2.48 bits per heavy atom. The van der Waals surface area contributed by atoms with Gasteiger partial charge in [0, 0.05) is 5.56 Å². The Kier molecular flexibility index (Phi) is 4.96. The molecule has 1 aliphatic heterocycles. The molecule has 0 aliphatic carbocycles. The molecule has 6 nitrogen and oxygen atoms in total. The predicted molar refractivity (Wildman–Crippen MR) is 110 cm³/mol. The van der Waals surface area contributed by atoms with Crippen LogP contribution in [0.4, 0.5) is 0 Å². The van der Waals surface area contributed by atoms with Crippen molar-refractivity contribution < 1.29 is 9.47 Å². The van der Waals surface area contributed by atoms with E-state index >= 15 is 0 Å². The number of nitrogens with one attached hydrogen (secondary N) is 1. The van der Waals surface area contributed by atoms with E-state index in [9.17, 15) is 5.26 Å². The molecular formula is C23H22N4O2. The van der Waals surface area contributed by atoms with Crippen molar-refractivity contribution in [3.63, 3.8) is 0 Å². The second-order valence-corrected chi connectivity index (χ2v) is 6.79. The third kappa shape index (κ3) is 3.32. The molecular weight excluding hydrogens is 364 g/mol. The SMILES string of the molecule is CCOc1ccc(-c2[nH]nc3c2C(c2ccc(CC)cc2)C(C#N)=C(N)O3)cc1. The third-order valence-corrected chi connectivity index (χ3v) is 5.11. The summed E-state index contributed by atoms with van der Waals surface area (Å²) in [6.45, 7) is 4.67. The number of nitrogens with zero attached hydrogens (tertiary/aromatic N) is 2.